The van der Waals surface area contributed by atoms with Crippen LogP contribution in [-0.2, 0) is 0 Å². The van der Waals surface area contributed by atoms with Crippen molar-refractivity contribution >= 4 is 21.6 Å². The maximum absolute atomic E-state index is 13.8. The van der Waals surface area contributed by atoms with Gasteiger partial charge in [-0.3, -0.25) is 0 Å². The Labute approximate surface area is 126 Å². The van der Waals surface area contributed by atoms with Crippen molar-refractivity contribution in [2.75, 3.05) is 18.0 Å². The summed E-state index contributed by atoms with van der Waals surface area (Å²) in [5.41, 5.74) is 0.661. The first-order valence-corrected chi connectivity index (χ1v) is 7.43. The van der Waals surface area contributed by atoms with E-state index in [4.69, 9.17) is 4.74 Å². The molecule has 2 aromatic carbocycles. The maximum atomic E-state index is 13.8. The van der Waals surface area contributed by atoms with Crippen LogP contribution >= 0.6 is 15.9 Å². The summed E-state index contributed by atoms with van der Waals surface area (Å²) in [5, 5.41) is 0. The molecule has 0 radical (unpaired) electrons. The van der Waals surface area contributed by atoms with E-state index in [0.717, 1.165) is 29.7 Å². The van der Waals surface area contributed by atoms with Crippen LogP contribution in [0.2, 0.25) is 0 Å². The van der Waals surface area contributed by atoms with Gasteiger partial charge in [0.15, 0.2) is 0 Å². The average molecular weight is 336 g/mol. The van der Waals surface area contributed by atoms with Gasteiger partial charge in [-0.15, -0.1) is 0 Å². The van der Waals surface area contributed by atoms with Crippen LogP contribution in [0.15, 0.2) is 53.0 Å². The van der Waals surface area contributed by atoms with Crippen LogP contribution in [0.4, 0.5) is 10.1 Å². The van der Waals surface area contributed by atoms with Gasteiger partial charge < -0.3 is 9.64 Å². The molecule has 1 fully saturated rings. The maximum Gasteiger partial charge on any atom is 0.146 e. The normalized spacial score (nSPS) is 18.3. The Balaban J connectivity index is 1.65. The minimum Gasteiger partial charge on any atom is -0.489 e. The number of para-hydroxylation sites is 1. The zero-order valence-electron chi connectivity index (χ0n) is 10.9. The second kappa shape index (κ2) is 5.83. The van der Waals surface area contributed by atoms with Crippen LogP contribution in [0.1, 0.15) is 6.42 Å². The molecular formula is C16H15BrFNO. The Hall–Kier alpha value is -1.55. The third-order valence-electron chi connectivity index (χ3n) is 3.45. The van der Waals surface area contributed by atoms with Crippen molar-refractivity contribution in [3.8, 4) is 5.75 Å². The number of benzene rings is 2. The SMILES string of the molecule is Fc1ccccc1N1CCC(Oc2ccc(Br)cc2)C1. The first kappa shape index (κ1) is 13.4. The summed E-state index contributed by atoms with van der Waals surface area (Å²) < 4.78 is 20.7. The number of anilines is 1. The van der Waals surface area contributed by atoms with Gasteiger partial charge in [-0.05, 0) is 36.4 Å². The predicted octanol–water partition coefficient (Wildman–Crippen LogP) is 4.25. The summed E-state index contributed by atoms with van der Waals surface area (Å²) in [6, 6.07) is 14.7. The molecule has 3 rings (SSSR count). The summed E-state index contributed by atoms with van der Waals surface area (Å²) in [5.74, 6) is 0.686. The van der Waals surface area contributed by atoms with Crippen molar-refractivity contribution in [1.29, 1.82) is 0 Å². The third kappa shape index (κ3) is 2.96. The Morgan fingerprint density at radius 1 is 1.10 bits per heavy atom. The largest absolute Gasteiger partial charge is 0.489 e. The molecule has 20 heavy (non-hydrogen) atoms. The summed E-state index contributed by atoms with van der Waals surface area (Å²) in [6.45, 7) is 1.54. The third-order valence-corrected chi connectivity index (χ3v) is 3.98. The van der Waals surface area contributed by atoms with Crippen LogP contribution in [-0.4, -0.2) is 19.2 Å². The highest BCUT2D eigenvalue weighted by Gasteiger charge is 2.25. The number of rotatable bonds is 3. The van der Waals surface area contributed by atoms with Crippen LogP contribution in [0.3, 0.4) is 0 Å². The quantitative estimate of drug-likeness (QED) is 0.831. The van der Waals surface area contributed by atoms with Gasteiger partial charge in [0.2, 0.25) is 0 Å². The van der Waals surface area contributed by atoms with E-state index >= 15 is 0 Å². The lowest BCUT2D eigenvalue weighted by atomic mass is 10.3. The number of hydrogen-bond donors (Lipinski definition) is 0. The first-order valence-electron chi connectivity index (χ1n) is 6.64. The van der Waals surface area contributed by atoms with E-state index in [1.54, 1.807) is 6.07 Å². The zero-order valence-corrected chi connectivity index (χ0v) is 12.5. The van der Waals surface area contributed by atoms with Crippen LogP contribution < -0.4 is 9.64 Å². The first-order chi connectivity index (χ1) is 9.72. The van der Waals surface area contributed by atoms with Crippen molar-refractivity contribution in [2.45, 2.75) is 12.5 Å². The Morgan fingerprint density at radius 3 is 2.60 bits per heavy atom. The highest BCUT2D eigenvalue weighted by Crippen LogP contribution is 2.26. The van der Waals surface area contributed by atoms with Crippen molar-refractivity contribution < 1.29 is 9.13 Å². The van der Waals surface area contributed by atoms with E-state index in [1.165, 1.54) is 6.07 Å². The van der Waals surface area contributed by atoms with Gasteiger partial charge in [-0.2, -0.15) is 0 Å². The second-order valence-corrected chi connectivity index (χ2v) is 5.80. The Bertz CT molecular complexity index is 587. The minimum atomic E-state index is -0.170. The molecule has 0 N–H and O–H groups in total. The van der Waals surface area contributed by atoms with Gasteiger partial charge in [-0.25, -0.2) is 4.39 Å². The fourth-order valence-electron chi connectivity index (χ4n) is 2.46. The van der Waals surface area contributed by atoms with Crippen LogP contribution in [0.25, 0.3) is 0 Å². The molecule has 1 heterocycles. The fourth-order valence-corrected chi connectivity index (χ4v) is 2.72. The summed E-state index contributed by atoms with van der Waals surface area (Å²) >= 11 is 3.40. The second-order valence-electron chi connectivity index (χ2n) is 4.88. The molecule has 1 unspecified atom stereocenters. The predicted molar refractivity (Wildman–Crippen MR) is 81.8 cm³/mol. The molecule has 4 heteroatoms. The molecule has 1 aliphatic heterocycles. The molecule has 1 saturated heterocycles. The molecule has 0 amide bonds. The van der Waals surface area contributed by atoms with Gasteiger partial charge in [0, 0.05) is 17.4 Å². The molecule has 0 aromatic heterocycles. The zero-order chi connectivity index (χ0) is 13.9. The van der Waals surface area contributed by atoms with E-state index in [-0.39, 0.29) is 11.9 Å². The molecule has 0 saturated carbocycles. The molecule has 1 atom stereocenters. The van der Waals surface area contributed by atoms with E-state index in [1.807, 2.05) is 41.3 Å². The van der Waals surface area contributed by atoms with Gasteiger partial charge >= 0.3 is 0 Å². The monoisotopic (exact) mass is 335 g/mol. The van der Waals surface area contributed by atoms with Gasteiger partial charge in [0.1, 0.15) is 17.7 Å². The summed E-state index contributed by atoms with van der Waals surface area (Å²) in [7, 11) is 0. The van der Waals surface area contributed by atoms with Crippen molar-refractivity contribution in [3.63, 3.8) is 0 Å². The van der Waals surface area contributed by atoms with Gasteiger partial charge in [-0.1, -0.05) is 28.1 Å². The molecule has 1 aliphatic rings. The Morgan fingerprint density at radius 2 is 1.85 bits per heavy atom. The number of ether oxygens (including phenoxy) is 1. The Kier molecular flexibility index (Phi) is 3.92. The van der Waals surface area contributed by atoms with Crippen molar-refractivity contribution in [2.24, 2.45) is 0 Å². The number of halogens is 2. The van der Waals surface area contributed by atoms with E-state index < -0.39 is 0 Å². The van der Waals surface area contributed by atoms with E-state index in [0.29, 0.717) is 5.69 Å². The molecule has 0 bridgehead atoms. The highest BCUT2D eigenvalue weighted by molar-refractivity contribution is 9.10. The van der Waals surface area contributed by atoms with Gasteiger partial charge in [0.05, 0.1) is 12.2 Å². The molecule has 2 aromatic rings. The summed E-state index contributed by atoms with van der Waals surface area (Å²) in [4.78, 5) is 2.04. The topological polar surface area (TPSA) is 12.5 Å². The van der Waals surface area contributed by atoms with Gasteiger partial charge in [0.25, 0.3) is 0 Å². The molecule has 0 aliphatic carbocycles. The number of nitrogens with zero attached hydrogens (tertiary/aromatic N) is 1. The minimum absolute atomic E-state index is 0.107. The lowest BCUT2D eigenvalue weighted by Gasteiger charge is -2.19. The highest BCUT2D eigenvalue weighted by atomic mass is 79.9. The van der Waals surface area contributed by atoms with Crippen molar-refractivity contribution in [3.05, 3.63) is 58.8 Å². The molecule has 104 valence electrons. The number of hydrogen-bond acceptors (Lipinski definition) is 2. The summed E-state index contributed by atoms with van der Waals surface area (Å²) in [6.07, 6.45) is 1.01. The van der Waals surface area contributed by atoms with Crippen LogP contribution in [0, 0.1) is 5.82 Å². The fraction of sp³-hybridized carbons (Fsp3) is 0.250. The molecule has 2 nitrogen and oxygen atoms in total. The van der Waals surface area contributed by atoms with Crippen LogP contribution in [0.5, 0.6) is 5.75 Å². The lowest BCUT2D eigenvalue weighted by molar-refractivity contribution is 0.225. The molecule has 0 spiro atoms. The molecular weight excluding hydrogens is 321 g/mol. The smallest absolute Gasteiger partial charge is 0.146 e. The lowest BCUT2D eigenvalue weighted by Crippen LogP contribution is -2.25. The average Bonchev–Trinajstić information content (AvgIpc) is 2.90. The standard InChI is InChI=1S/C16H15BrFNO/c17-12-5-7-13(8-6-12)20-14-9-10-19(11-14)16-4-2-1-3-15(16)18/h1-8,14H,9-11H2. The van der Waals surface area contributed by atoms with E-state index in [9.17, 15) is 4.39 Å². The van der Waals surface area contributed by atoms with E-state index in [2.05, 4.69) is 15.9 Å². The van der Waals surface area contributed by atoms with Crippen molar-refractivity contribution in [1.82, 2.24) is 0 Å².